The lowest BCUT2D eigenvalue weighted by molar-refractivity contribution is 1.19. The summed E-state index contributed by atoms with van der Waals surface area (Å²) in [5.41, 5.74) is 12.6. The van der Waals surface area contributed by atoms with Crippen LogP contribution < -0.4 is 0 Å². The molecule has 11 aromatic carbocycles. The second-order valence-corrected chi connectivity index (χ2v) is 17.1. The zero-order chi connectivity index (χ0) is 43.6. The molecule has 306 valence electrons. The molecule has 3 heteroatoms. The second-order valence-electron chi connectivity index (χ2n) is 17.1. The monoisotopic (exact) mass is 837 g/mol. The topological polar surface area (TPSA) is 38.7 Å². The summed E-state index contributed by atoms with van der Waals surface area (Å²) in [4.78, 5) is 16.0. The van der Waals surface area contributed by atoms with Gasteiger partial charge < -0.3 is 0 Å². The fourth-order valence-corrected chi connectivity index (χ4v) is 10.0. The summed E-state index contributed by atoms with van der Waals surface area (Å²) in [6, 6.07) is 84.7. The third-order valence-electron chi connectivity index (χ3n) is 13.2. The zero-order valence-electron chi connectivity index (χ0n) is 35.9. The summed E-state index contributed by atoms with van der Waals surface area (Å²) in [5, 5.41) is 13.0. The standard InChI is InChI=1S/C63H39N3/c1-2-17-45-37-48(35-32-40(45)14-1)62-57-38-56(51-24-7-8-25-53(51)61(57)55-26-9-10-29-58(55)64-62)44-33-30-41(31-34-44)46-20-11-21-47(36-46)59-39-60(52-27-12-18-42-15-3-5-22-49(42)52)66-63(65-59)54-28-13-19-43-16-4-6-23-50(43)54/h1-39H. The van der Waals surface area contributed by atoms with Crippen molar-refractivity contribution < 1.29 is 0 Å². The Morgan fingerprint density at radius 1 is 0.242 bits per heavy atom. The van der Waals surface area contributed by atoms with Crippen LogP contribution in [0.4, 0.5) is 0 Å². The van der Waals surface area contributed by atoms with Gasteiger partial charge >= 0.3 is 0 Å². The highest BCUT2D eigenvalue weighted by Gasteiger charge is 2.18. The first-order valence-corrected chi connectivity index (χ1v) is 22.5. The number of aromatic nitrogens is 3. The molecule has 2 aromatic heterocycles. The summed E-state index contributed by atoms with van der Waals surface area (Å²) in [6.45, 7) is 0. The molecule has 0 atom stereocenters. The van der Waals surface area contributed by atoms with Crippen LogP contribution in [0.2, 0.25) is 0 Å². The van der Waals surface area contributed by atoms with Gasteiger partial charge in [-0.15, -0.1) is 0 Å². The highest BCUT2D eigenvalue weighted by atomic mass is 14.9. The number of nitrogens with zero attached hydrogens (tertiary/aromatic N) is 3. The Kier molecular flexibility index (Phi) is 8.85. The molecule has 0 fully saturated rings. The average molecular weight is 838 g/mol. The lowest BCUT2D eigenvalue weighted by atomic mass is 9.89. The van der Waals surface area contributed by atoms with Gasteiger partial charge in [-0.2, -0.15) is 0 Å². The smallest absolute Gasteiger partial charge is 0.161 e. The molecule has 13 aromatic rings. The van der Waals surface area contributed by atoms with Crippen LogP contribution >= 0.6 is 0 Å². The van der Waals surface area contributed by atoms with E-state index in [0.717, 1.165) is 88.5 Å². The van der Waals surface area contributed by atoms with Crippen LogP contribution in [-0.4, -0.2) is 15.0 Å². The van der Waals surface area contributed by atoms with Crippen molar-refractivity contribution in [2.24, 2.45) is 0 Å². The Bertz CT molecular complexity index is 3950. The second kappa shape index (κ2) is 15.5. The largest absolute Gasteiger partial charge is 0.247 e. The first kappa shape index (κ1) is 37.7. The van der Waals surface area contributed by atoms with E-state index in [4.69, 9.17) is 15.0 Å². The zero-order valence-corrected chi connectivity index (χ0v) is 35.9. The molecule has 0 bridgehead atoms. The van der Waals surface area contributed by atoms with Crippen LogP contribution in [0.25, 0.3) is 132 Å². The van der Waals surface area contributed by atoms with Gasteiger partial charge in [-0.05, 0) is 95.7 Å². The Morgan fingerprint density at radius 2 is 0.803 bits per heavy atom. The number of benzene rings is 11. The molecule has 0 unspecified atom stereocenters. The van der Waals surface area contributed by atoms with Crippen molar-refractivity contribution >= 4 is 64.8 Å². The van der Waals surface area contributed by atoms with E-state index in [1.807, 2.05) is 0 Å². The minimum atomic E-state index is 0.705. The van der Waals surface area contributed by atoms with Crippen molar-refractivity contribution in [2.45, 2.75) is 0 Å². The SMILES string of the molecule is c1cc(-c2ccc(-c3cc4c(-c5ccc6ccccc6c5)nc5ccccc5c4c4ccccc34)cc2)cc(-c2cc(-c3cccc4ccccc34)nc(-c3cccc4ccccc34)n2)c1. The molecule has 0 radical (unpaired) electrons. The van der Waals surface area contributed by atoms with E-state index < -0.39 is 0 Å². The first-order valence-electron chi connectivity index (χ1n) is 22.5. The van der Waals surface area contributed by atoms with Gasteiger partial charge in [0.1, 0.15) is 0 Å². The molecule has 3 nitrogen and oxygen atoms in total. The van der Waals surface area contributed by atoms with Crippen LogP contribution in [0, 0.1) is 0 Å². The van der Waals surface area contributed by atoms with Gasteiger partial charge in [-0.1, -0.05) is 206 Å². The van der Waals surface area contributed by atoms with Crippen molar-refractivity contribution in [3.8, 4) is 67.4 Å². The Labute approximate surface area is 382 Å². The van der Waals surface area contributed by atoms with E-state index in [0.29, 0.717) is 5.82 Å². The number of hydrogen-bond acceptors (Lipinski definition) is 3. The summed E-state index contributed by atoms with van der Waals surface area (Å²) in [6.07, 6.45) is 0. The van der Waals surface area contributed by atoms with E-state index in [9.17, 15) is 0 Å². The molecule has 2 heterocycles. The molecule has 13 rings (SSSR count). The lowest BCUT2D eigenvalue weighted by Crippen LogP contribution is -1.97. The number of fused-ring (bicyclic) bond motifs is 8. The molecule has 0 aliphatic carbocycles. The summed E-state index contributed by atoms with van der Waals surface area (Å²) in [7, 11) is 0. The van der Waals surface area contributed by atoms with E-state index in [2.05, 4.69) is 237 Å². The van der Waals surface area contributed by atoms with Gasteiger partial charge in [0, 0.05) is 38.4 Å². The molecule has 0 spiro atoms. The average Bonchev–Trinajstić information content (AvgIpc) is 3.39. The van der Waals surface area contributed by atoms with E-state index in [1.54, 1.807) is 0 Å². The van der Waals surface area contributed by atoms with Crippen LogP contribution in [0.5, 0.6) is 0 Å². The third kappa shape index (κ3) is 6.40. The molecule has 0 saturated carbocycles. The van der Waals surface area contributed by atoms with Crippen LogP contribution in [-0.2, 0) is 0 Å². The molecule has 66 heavy (non-hydrogen) atoms. The maximum Gasteiger partial charge on any atom is 0.161 e. The molecule has 0 aliphatic rings. The van der Waals surface area contributed by atoms with Crippen LogP contribution in [0.3, 0.4) is 0 Å². The maximum atomic E-state index is 5.37. The quantitative estimate of drug-likeness (QED) is 0.157. The Morgan fingerprint density at radius 3 is 1.59 bits per heavy atom. The van der Waals surface area contributed by atoms with Gasteiger partial charge in [-0.3, -0.25) is 0 Å². The fraction of sp³-hybridized carbons (Fsp3) is 0. The minimum Gasteiger partial charge on any atom is -0.247 e. The number of para-hydroxylation sites is 1. The highest BCUT2D eigenvalue weighted by Crippen LogP contribution is 2.43. The minimum absolute atomic E-state index is 0.705. The molecular formula is C63H39N3. The first-order chi connectivity index (χ1) is 32.7. The molecule has 0 saturated heterocycles. The van der Waals surface area contributed by atoms with E-state index in [-0.39, 0.29) is 0 Å². The predicted molar refractivity (Wildman–Crippen MR) is 277 cm³/mol. The van der Waals surface area contributed by atoms with Crippen molar-refractivity contribution in [1.29, 1.82) is 0 Å². The van der Waals surface area contributed by atoms with Gasteiger partial charge in [0.15, 0.2) is 5.82 Å². The van der Waals surface area contributed by atoms with Crippen molar-refractivity contribution in [3.63, 3.8) is 0 Å². The maximum absolute atomic E-state index is 5.37. The molecule has 0 N–H and O–H groups in total. The fourth-order valence-electron chi connectivity index (χ4n) is 10.0. The Hall–Kier alpha value is -8.79. The van der Waals surface area contributed by atoms with Crippen molar-refractivity contribution in [2.75, 3.05) is 0 Å². The summed E-state index contributed by atoms with van der Waals surface area (Å²) in [5.74, 6) is 0.705. The van der Waals surface area contributed by atoms with E-state index in [1.165, 1.54) is 37.9 Å². The van der Waals surface area contributed by atoms with Gasteiger partial charge in [0.25, 0.3) is 0 Å². The highest BCUT2D eigenvalue weighted by molar-refractivity contribution is 6.25. The number of pyridine rings is 1. The van der Waals surface area contributed by atoms with Crippen molar-refractivity contribution in [1.82, 2.24) is 15.0 Å². The van der Waals surface area contributed by atoms with Crippen LogP contribution in [0.15, 0.2) is 237 Å². The number of hydrogen-bond donors (Lipinski definition) is 0. The van der Waals surface area contributed by atoms with Gasteiger partial charge in [0.05, 0.1) is 22.6 Å². The third-order valence-corrected chi connectivity index (χ3v) is 13.2. The van der Waals surface area contributed by atoms with Gasteiger partial charge in [0.2, 0.25) is 0 Å². The summed E-state index contributed by atoms with van der Waals surface area (Å²) >= 11 is 0. The predicted octanol–water partition coefficient (Wildman–Crippen LogP) is 16.8. The molecule has 0 amide bonds. The normalized spacial score (nSPS) is 11.6. The lowest BCUT2D eigenvalue weighted by Gasteiger charge is -2.16. The van der Waals surface area contributed by atoms with Crippen molar-refractivity contribution in [3.05, 3.63) is 237 Å². The summed E-state index contributed by atoms with van der Waals surface area (Å²) < 4.78 is 0. The molecule has 0 aliphatic heterocycles. The molecular weight excluding hydrogens is 799 g/mol. The van der Waals surface area contributed by atoms with Gasteiger partial charge in [-0.25, -0.2) is 15.0 Å². The number of rotatable bonds is 6. The van der Waals surface area contributed by atoms with Crippen LogP contribution in [0.1, 0.15) is 0 Å². The Balaban J connectivity index is 0.938. The van der Waals surface area contributed by atoms with E-state index >= 15 is 0 Å².